The molecule has 1 heterocycles. The topological polar surface area (TPSA) is 32.3 Å². The smallest absolute Gasteiger partial charge is 0.193 e. The third kappa shape index (κ3) is 11.0. The average molecular weight is 422 g/mol. The zero-order chi connectivity index (χ0) is 21.9. The first kappa shape index (κ1) is 27.2. The van der Waals surface area contributed by atoms with E-state index in [1.165, 1.54) is 96.3 Å². The number of hydrogen-bond acceptors (Lipinski definition) is 2. The van der Waals surface area contributed by atoms with Crippen molar-refractivity contribution in [3.05, 3.63) is 24.6 Å². The van der Waals surface area contributed by atoms with Gasteiger partial charge in [0, 0.05) is 13.3 Å². The fourth-order valence-corrected chi connectivity index (χ4v) is 4.78. The lowest BCUT2D eigenvalue weighted by atomic mass is 10.0. The molecule has 2 N–H and O–H groups in total. The Morgan fingerprint density at radius 1 is 0.800 bits per heavy atom. The summed E-state index contributed by atoms with van der Waals surface area (Å²) in [5, 5.41) is 13.6. The van der Waals surface area contributed by atoms with Crippen molar-refractivity contribution in [1.29, 1.82) is 0 Å². The van der Waals surface area contributed by atoms with Crippen LogP contribution in [0.15, 0.2) is 24.6 Å². The summed E-state index contributed by atoms with van der Waals surface area (Å²) in [4.78, 5) is 0. The van der Waals surface area contributed by atoms with Gasteiger partial charge in [-0.1, -0.05) is 96.1 Å². The van der Waals surface area contributed by atoms with Crippen molar-refractivity contribution < 1.29 is 9.59 Å². The Bertz CT molecular complexity index is 446. The molecule has 0 radical (unpaired) electrons. The maximum atomic E-state index is 10.2. The predicted molar refractivity (Wildman–Crippen MR) is 132 cm³/mol. The summed E-state index contributed by atoms with van der Waals surface area (Å²) >= 11 is 0. The molecule has 0 aromatic heterocycles. The molecule has 0 fully saturated rings. The zero-order valence-corrected chi connectivity index (χ0v) is 20.6. The number of rotatable bonds is 20. The molecule has 0 saturated heterocycles. The fraction of sp³-hybridized carbons (Fsp3) is 0.852. The second kappa shape index (κ2) is 17.8. The molecule has 0 aliphatic carbocycles. The van der Waals surface area contributed by atoms with E-state index in [1.54, 1.807) is 0 Å². The van der Waals surface area contributed by atoms with Gasteiger partial charge in [-0.3, -0.25) is 4.48 Å². The van der Waals surface area contributed by atoms with E-state index in [0.29, 0.717) is 10.6 Å². The summed E-state index contributed by atoms with van der Waals surface area (Å²) in [5.74, 6) is 0. The molecule has 0 amide bonds. The second-order valence-electron chi connectivity index (χ2n) is 9.37. The van der Waals surface area contributed by atoms with Crippen molar-refractivity contribution in [3.8, 4) is 0 Å². The second-order valence-corrected chi connectivity index (χ2v) is 9.37. The third-order valence-electron chi connectivity index (χ3n) is 6.95. The first-order valence-electron chi connectivity index (χ1n) is 13.3. The van der Waals surface area contributed by atoms with E-state index in [1.807, 2.05) is 13.1 Å². The summed E-state index contributed by atoms with van der Waals surface area (Å²) in [6.45, 7) is 7.29. The lowest BCUT2D eigenvalue weighted by Crippen LogP contribution is -2.57. The zero-order valence-electron chi connectivity index (χ0n) is 20.6. The summed E-state index contributed by atoms with van der Waals surface area (Å²) < 4.78 is 0.655. The lowest BCUT2D eigenvalue weighted by Gasteiger charge is -2.39. The highest BCUT2D eigenvalue weighted by Gasteiger charge is 2.40. The number of hydrogen-bond donors (Lipinski definition) is 2. The molecule has 0 bridgehead atoms. The van der Waals surface area contributed by atoms with E-state index in [-0.39, 0.29) is 6.23 Å². The summed E-state index contributed by atoms with van der Waals surface area (Å²) in [6, 6.07) is 0. The first-order chi connectivity index (χ1) is 14.7. The van der Waals surface area contributed by atoms with Gasteiger partial charge in [-0.25, -0.2) is 0 Å². The Balaban J connectivity index is 1.88. The monoisotopic (exact) mass is 421 g/mol. The molecule has 3 heteroatoms. The molecule has 3 nitrogen and oxygen atoms in total. The number of nitrogens with one attached hydrogen (secondary N) is 1. The molecule has 3 atom stereocenters. The van der Waals surface area contributed by atoms with Crippen molar-refractivity contribution in [2.45, 2.75) is 142 Å². The standard InChI is InChI=1S/C27H53N2O/c1-4-6-7-8-9-10-11-12-13-14-15-16-17-18-19-20-21-22-23-27-28-24-25-29(27,5-2)26(3)30/h19-20,24-28,30H,4-18,21-23H2,1-3H3/q+1/b20-19+. The molecular weight excluding hydrogens is 368 g/mol. The number of unbranched alkanes of at least 4 members (excludes halogenated alkanes) is 14. The van der Waals surface area contributed by atoms with Crippen LogP contribution in [0.3, 0.4) is 0 Å². The van der Waals surface area contributed by atoms with Gasteiger partial charge < -0.3 is 10.4 Å². The van der Waals surface area contributed by atoms with Crippen LogP contribution in [-0.4, -0.2) is 28.5 Å². The number of quaternary nitrogens is 1. The number of aliphatic hydroxyl groups is 1. The number of aliphatic hydroxyl groups excluding tert-OH is 1. The lowest BCUT2D eigenvalue weighted by molar-refractivity contribution is -0.942. The van der Waals surface area contributed by atoms with Crippen molar-refractivity contribution in [1.82, 2.24) is 5.32 Å². The SMILES string of the molecule is CCCCCCCCCCCCCCC/C=C/CCCC1NC=C[N+]1(CC)C(C)O. The van der Waals surface area contributed by atoms with Crippen LogP contribution in [0.4, 0.5) is 0 Å². The van der Waals surface area contributed by atoms with Crippen molar-refractivity contribution in [2.75, 3.05) is 6.54 Å². The predicted octanol–water partition coefficient (Wildman–Crippen LogP) is 7.77. The van der Waals surface area contributed by atoms with Gasteiger partial charge in [-0.2, -0.15) is 0 Å². The molecule has 1 aliphatic heterocycles. The van der Waals surface area contributed by atoms with Gasteiger partial charge in [0.2, 0.25) is 0 Å². The van der Waals surface area contributed by atoms with Gasteiger partial charge >= 0.3 is 0 Å². The molecule has 3 unspecified atom stereocenters. The first-order valence-corrected chi connectivity index (χ1v) is 13.3. The highest BCUT2D eigenvalue weighted by molar-refractivity contribution is 4.86. The van der Waals surface area contributed by atoms with Gasteiger partial charge in [0.1, 0.15) is 6.20 Å². The molecular formula is C27H53N2O+. The van der Waals surface area contributed by atoms with Gasteiger partial charge in [-0.05, 0) is 32.6 Å². The van der Waals surface area contributed by atoms with Gasteiger partial charge in [0.25, 0.3) is 0 Å². The largest absolute Gasteiger partial charge is 0.345 e. The van der Waals surface area contributed by atoms with Crippen LogP contribution >= 0.6 is 0 Å². The van der Waals surface area contributed by atoms with Crippen LogP contribution < -0.4 is 5.32 Å². The number of nitrogens with zero attached hydrogens (tertiary/aromatic N) is 1. The van der Waals surface area contributed by atoms with Gasteiger partial charge in [0.15, 0.2) is 12.4 Å². The van der Waals surface area contributed by atoms with E-state index in [2.05, 4.69) is 37.5 Å². The molecule has 1 rings (SSSR count). The van der Waals surface area contributed by atoms with Crippen molar-refractivity contribution in [2.24, 2.45) is 0 Å². The van der Waals surface area contributed by atoms with E-state index < -0.39 is 0 Å². The Kier molecular flexibility index (Phi) is 16.2. The molecule has 176 valence electrons. The van der Waals surface area contributed by atoms with Crippen LogP contribution in [0.1, 0.15) is 130 Å². The molecule has 1 aliphatic rings. The Labute approximate surface area is 188 Å². The Morgan fingerprint density at radius 3 is 1.80 bits per heavy atom. The van der Waals surface area contributed by atoms with Crippen molar-refractivity contribution >= 4 is 0 Å². The molecule has 0 aromatic carbocycles. The van der Waals surface area contributed by atoms with E-state index in [4.69, 9.17) is 0 Å². The molecule has 0 spiro atoms. The summed E-state index contributed by atoms with van der Waals surface area (Å²) in [6.07, 6.45) is 32.1. The fourth-order valence-electron chi connectivity index (χ4n) is 4.78. The highest BCUT2D eigenvalue weighted by atomic mass is 16.3. The maximum absolute atomic E-state index is 10.2. The third-order valence-corrected chi connectivity index (χ3v) is 6.95. The minimum absolute atomic E-state index is 0.324. The van der Waals surface area contributed by atoms with Gasteiger partial charge in [-0.15, -0.1) is 0 Å². The Morgan fingerprint density at radius 2 is 1.30 bits per heavy atom. The normalized spacial score (nSPS) is 22.1. The number of allylic oxidation sites excluding steroid dienone is 2. The van der Waals surface area contributed by atoms with E-state index in [9.17, 15) is 5.11 Å². The minimum atomic E-state index is -0.350. The summed E-state index contributed by atoms with van der Waals surface area (Å²) in [7, 11) is 0. The van der Waals surface area contributed by atoms with Crippen LogP contribution in [0.5, 0.6) is 0 Å². The molecule has 0 aromatic rings. The van der Waals surface area contributed by atoms with Gasteiger partial charge in [0.05, 0.1) is 12.7 Å². The van der Waals surface area contributed by atoms with Crippen LogP contribution in [0.2, 0.25) is 0 Å². The highest BCUT2D eigenvalue weighted by Crippen LogP contribution is 2.25. The summed E-state index contributed by atoms with van der Waals surface area (Å²) in [5.41, 5.74) is 0. The maximum Gasteiger partial charge on any atom is 0.193 e. The molecule has 0 saturated carbocycles. The Hall–Kier alpha value is -0.800. The quantitative estimate of drug-likeness (QED) is 0.119. The van der Waals surface area contributed by atoms with Crippen molar-refractivity contribution in [3.63, 3.8) is 0 Å². The van der Waals surface area contributed by atoms with Crippen LogP contribution in [-0.2, 0) is 0 Å². The van der Waals surface area contributed by atoms with E-state index in [0.717, 1.165) is 19.4 Å². The van der Waals surface area contributed by atoms with Crippen LogP contribution in [0, 0.1) is 0 Å². The van der Waals surface area contributed by atoms with Crippen LogP contribution in [0.25, 0.3) is 0 Å². The minimum Gasteiger partial charge on any atom is -0.345 e. The average Bonchev–Trinajstić information content (AvgIpc) is 3.17. The van der Waals surface area contributed by atoms with E-state index >= 15 is 0 Å². The molecule has 30 heavy (non-hydrogen) atoms.